The smallest absolute Gasteiger partial charge is 0.307 e. The van der Waals surface area contributed by atoms with Gasteiger partial charge in [0.25, 0.3) is 0 Å². The highest BCUT2D eigenvalue weighted by molar-refractivity contribution is 5.91. The molecule has 1 saturated heterocycles. The van der Waals surface area contributed by atoms with Gasteiger partial charge in [0.15, 0.2) is 5.82 Å². The van der Waals surface area contributed by atoms with Crippen molar-refractivity contribution < 1.29 is 14.7 Å². The second kappa shape index (κ2) is 5.07. The number of likely N-dealkylation sites (tertiary alicyclic amines) is 1. The number of nitrogens with one attached hydrogen (secondary N) is 1. The maximum absolute atomic E-state index is 12.7. The maximum Gasteiger partial charge on any atom is 0.307 e. The van der Waals surface area contributed by atoms with E-state index in [1.807, 2.05) is 20.8 Å². The summed E-state index contributed by atoms with van der Waals surface area (Å²) in [5.41, 5.74) is -0.447. The standard InChI is InChI=1S/C15H22N4O3/c1-8-16-12(18-17-8)9-5-4-6-19(7-9)13(20)10-11(14(21)22)15(10,2)3/h9-11H,4-7H2,1-3H3,(H,21,22)(H,16,17,18)/t9?,10-,11+/m0/s1. The van der Waals surface area contributed by atoms with Crippen LogP contribution in [0.2, 0.25) is 0 Å². The van der Waals surface area contributed by atoms with Gasteiger partial charge in [0, 0.05) is 19.0 Å². The lowest BCUT2D eigenvalue weighted by Gasteiger charge is -2.32. The highest BCUT2D eigenvalue weighted by atomic mass is 16.4. The molecule has 0 bridgehead atoms. The van der Waals surface area contributed by atoms with Gasteiger partial charge >= 0.3 is 5.97 Å². The van der Waals surface area contributed by atoms with Gasteiger partial charge < -0.3 is 10.0 Å². The molecule has 120 valence electrons. The summed E-state index contributed by atoms with van der Waals surface area (Å²) in [4.78, 5) is 30.1. The number of piperidine rings is 1. The number of rotatable bonds is 3. The Morgan fingerprint density at radius 1 is 1.36 bits per heavy atom. The molecular weight excluding hydrogens is 284 g/mol. The summed E-state index contributed by atoms with van der Waals surface area (Å²) in [7, 11) is 0. The molecule has 2 heterocycles. The van der Waals surface area contributed by atoms with Crippen LogP contribution in [0.1, 0.15) is 44.3 Å². The summed E-state index contributed by atoms with van der Waals surface area (Å²) in [6, 6.07) is 0. The van der Waals surface area contributed by atoms with Crippen molar-refractivity contribution in [3.05, 3.63) is 11.6 Å². The van der Waals surface area contributed by atoms with Crippen molar-refractivity contribution in [3.8, 4) is 0 Å². The van der Waals surface area contributed by atoms with Crippen molar-refractivity contribution in [2.75, 3.05) is 13.1 Å². The van der Waals surface area contributed by atoms with Gasteiger partial charge in [-0.15, -0.1) is 0 Å². The molecule has 1 unspecified atom stereocenters. The number of hydrogen-bond acceptors (Lipinski definition) is 4. The van der Waals surface area contributed by atoms with E-state index in [2.05, 4.69) is 15.2 Å². The van der Waals surface area contributed by atoms with Gasteiger partial charge in [-0.3, -0.25) is 14.7 Å². The Morgan fingerprint density at radius 3 is 2.64 bits per heavy atom. The lowest BCUT2D eigenvalue weighted by Crippen LogP contribution is -2.41. The second-order valence-corrected chi connectivity index (χ2v) is 7.02. The lowest BCUT2D eigenvalue weighted by atomic mass is 9.96. The predicted octanol–water partition coefficient (Wildman–Crippen LogP) is 1.18. The Morgan fingerprint density at radius 2 is 2.09 bits per heavy atom. The van der Waals surface area contributed by atoms with E-state index in [0.717, 1.165) is 24.5 Å². The first-order valence-electron chi connectivity index (χ1n) is 7.73. The molecule has 1 saturated carbocycles. The molecule has 0 aromatic carbocycles. The van der Waals surface area contributed by atoms with Crippen LogP contribution < -0.4 is 0 Å². The number of nitrogens with zero attached hydrogens (tertiary/aromatic N) is 3. The van der Waals surface area contributed by atoms with Crippen molar-refractivity contribution in [1.82, 2.24) is 20.1 Å². The average molecular weight is 306 g/mol. The average Bonchev–Trinajstić information content (AvgIpc) is 2.80. The third-order valence-electron chi connectivity index (χ3n) is 5.07. The number of amides is 1. The van der Waals surface area contributed by atoms with Crippen LogP contribution in [0.15, 0.2) is 0 Å². The maximum atomic E-state index is 12.7. The molecule has 1 aromatic heterocycles. The number of carboxylic acid groups (broad SMARTS) is 1. The number of carbonyl (C=O) groups is 2. The molecule has 7 nitrogen and oxygen atoms in total. The van der Waals surface area contributed by atoms with Crippen LogP contribution in [0, 0.1) is 24.2 Å². The molecule has 1 aromatic rings. The fraction of sp³-hybridized carbons (Fsp3) is 0.733. The van der Waals surface area contributed by atoms with E-state index in [4.69, 9.17) is 0 Å². The molecule has 0 spiro atoms. The van der Waals surface area contributed by atoms with E-state index in [-0.39, 0.29) is 11.8 Å². The van der Waals surface area contributed by atoms with E-state index < -0.39 is 23.2 Å². The molecule has 1 aliphatic heterocycles. The summed E-state index contributed by atoms with van der Waals surface area (Å²) < 4.78 is 0. The summed E-state index contributed by atoms with van der Waals surface area (Å²) >= 11 is 0. The molecule has 2 aliphatic rings. The van der Waals surface area contributed by atoms with E-state index in [9.17, 15) is 14.7 Å². The highest BCUT2D eigenvalue weighted by Gasteiger charge is 2.66. The van der Waals surface area contributed by atoms with Gasteiger partial charge in [0.1, 0.15) is 5.82 Å². The Bertz CT molecular complexity index is 610. The Kier molecular flexibility index (Phi) is 3.45. The number of hydrogen-bond donors (Lipinski definition) is 2. The molecule has 7 heteroatoms. The fourth-order valence-electron chi connectivity index (χ4n) is 3.69. The molecule has 3 atom stereocenters. The zero-order chi connectivity index (χ0) is 16.1. The first kappa shape index (κ1) is 15.0. The minimum atomic E-state index is -0.874. The zero-order valence-electron chi connectivity index (χ0n) is 13.2. The van der Waals surface area contributed by atoms with E-state index in [1.165, 1.54) is 0 Å². The molecular formula is C15H22N4O3. The second-order valence-electron chi connectivity index (χ2n) is 7.02. The number of aromatic nitrogens is 3. The van der Waals surface area contributed by atoms with Crippen molar-refractivity contribution in [2.45, 2.75) is 39.5 Å². The normalized spacial score (nSPS) is 30.1. The largest absolute Gasteiger partial charge is 0.481 e. The molecule has 2 fully saturated rings. The van der Waals surface area contributed by atoms with Crippen LogP contribution in [-0.2, 0) is 9.59 Å². The van der Waals surface area contributed by atoms with E-state index >= 15 is 0 Å². The first-order valence-corrected chi connectivity index (χ1v) is 7.73. The van der Waals surface area contributed by atoms with Crippen molar-refractivity contribution in [3.63, 3.8) is 0 Å². The number of carbonyl (C=O) groups excluding carboxylic acids is 1. The van der Waals surface area contributed by atoms with Crippen LogP contribution in [-0.4, -0.2) is 50.2 Å². The summed E-state index contributed by atoms with van der Waals surface area (Å²) in [5.74, 6) is -0.222. The third kappa shape index (κ3) is 2.38. The summed E-state index contributed by atoms with van der Waals surface area (Å²) in [5, 5.41) is 16.3. The van der Waals surface area contributed by atoms with Gasteiger partial charge in [-0.2, -0.15) is 5.10 Å². The topological polar surface area (TPSA) is 99.2 Å². The molecule has 1 amide bonds. The quantitative estimate of drug-likeness (QED) is 0.873. The first-order chi connectivity index (χ1) is 10.3. The monoisotopic (exact) mass is 306 g/mol. The van der Waals surface area contributed by atoms with Crippen LogP contribution >= 0.6 is 0 Å². The fourth-order valence-corrected chi connectivity index (χ4v) is 3.69. The molecule has 1 aliphatic carbocycles. The Hall–Kier alpha value is -1.92. The number of aliphatic carboxylic acids is 1. The van der Waals surface area contributed by atoms with E-state index in [1.54, 1.807) is 4.90 Å². The third-order valence-corrected chi connectivity index (χ3v) is 5.07. The number of aryl methyl sites for hydroxylation is 1. The van der Waals surface area contributed by atoms with E-state index in [0.29, 0.717) is 13.1 Å². The number of H-pyrrole nitrogens is 1. The molecule has 22 heavy (non-hydrogen) atoms. The van der Waals surface area contributed by atoms with Crippen LogP contribution in [0.3, 0.4) is 0 Å². The van der Waals surface area contributed by atoms with Crippen LogP contribution in [0.5, 0.6) is 0 Å². The number of carboxylic acids is 1. The van der Waals surface area contributed by atoms with Gasteiger partial charge in [-0.05, 0) is 25.2 Å². The van der Waals surface area contributed by atoms with Crippen LogP contribution in [0.4, 0.5) is 0 Å². The minimum Gasteiger partial charge on any atom is -0.481 e. The molecule has 0 radical (unpaired) electrons. The number of aromatic amines is 1. The van der Waals surface area contributed by atoms with Gasteiger partial charge in [-0.1, -0.05) is 13.8 Å². The molecule has 3 rings (SSSR count). The van der Waals surface area contributed by atoms with Crippen LogP contribution in [0.25, 0.3) is 0 Å². The highest BCUT2D eigenvalue weighted by Crippen LogP contribution is 2.59. The van der Waals surface area contributed by atoms with Crippen molar-refractivity contribution in [1.29, 1.82) is 0 Å². The lowest BCUT2D eigenvalue weighted by molar-refractivity contribution is -0.142. The summed E-state index contributed by atoms with van der Waals surface area (Å²) in [6.07, 6.45) is 1.85. The van der Waals surface area contributed by atoms with Gasteiger partial charge in [0.05, 0.1) is 11.8 Å². The van der Waals surface area contributed by atoms with Gasteiger partial charge in [-0.25, -0.2) is 4.98 Å². The van der Waals surface area contributed by atoms with Crippen molar-refractivity contribution in [2.24, 2.45) is 17.3 Å². The summed E-state index contributed by atoms with van der Waals surface area (Å²) in [6.45, 7) is 6.84. The Labute approximate surface area is 129 Å². The Balaban J connectivity index is 1.70. The SMILES string of the molecule is Cc1nc(C2CCCN(C(=O)[C@@H]3[C@H](C(=O)O)C3(C)C)C2)n[nH]1. The minimum absolute atomic E-state index is 0.0330. The van der Waals surface area contributed by atoms with Gasteiger partial charge in [0.2, 0.25) is 5.91 Å². The zero-order valence-corrected chi connectivity index (χ0v) is 13.2. The van der Waals surface area contributed by atoms with Crippen molar-refractivity contribution >= 4 is 11.9 Å². The molecule has 2 N–H and O–H groups in total. The predicted molar refractivity (Wildman–Crippen MR) is 78.1 cm³/mol.